The van der Waals surface area contributed by atoms with Crippen molar-refractivity contribution in [2.75, 3.05) is 7.05 Å². The lowest BCUT2D eigenvalue weighted by Crippen LogP contribution is -2.44. The minimum atomic E-state index is 0.123. The molecule has 1 fully saturated rings. The van der Waals surface area contributed by atoms with E-state index in [0.29, 0.717) is 10.9 Å². The summed E-state index contributed by atoms with van der Waals surface area (Å²) in [5, 5.41) is 0. The molecule has 0 bridgehead atoms. The Morgan fingerprint density at radius 3 is 2.24 bits per heavy atom. The number of nitrogens with zero attached hydrogens (tertiary/aromatic N) is 1. The van der Waals surface area contributed by atoms with Gasteiger partial charge in [-0.1, -0.05) is 61.7 Å². The number of hydrogen-bond acceptors (Lipinski definition) is 1. The Morgan fingerprint density at radius 1 is 1.14 bits per heavy atom. The fraction of sp³-hybridized carbons (Fsp3) is 0.611. The van der Waals surface area contributed by atoms with Crippen molar-refractivity contribution in [3.63, 3.8) is 0 Å². The standard InChI is InChI=1S/C18H26BrNO/c1-18(2,3)14-11-9-13(10-12-14)17(21)20(4)16-8-6-5-7-15(16)19/h9-12,15-16H,5-8H2,1-4H3. The average Bonchev–Trinajstić information content (AvgIpc) is 2.45. The molecule has 1 amide bonds. The Balaban J connectivity index is 2.12. The lowest BCUT2D eigenvalue weighted by Gasteiger charge is -2.35. The zero-order valence-corrected chi connectivity index (χ0v) is 15.1. The molecule has 0 aromatic heterocycles. The van der Waals surface area contributed by atoms with Gasteiger partial charge in [-0.25, -0.2) is 0 Å². The van der Waals surface area contributed by atoms with E-state index in [9.17, 15) is 4.79 Å². The zero-order chi connectivity index (χ0) is 15.6. The van der Waals surface area contributed by atoms with E-state index < -0.39 is 0 Å². The van der Waals surface area contributed by atoms with Gasteiger partial charge in [0.2, 0.25) is 0 Å². The van der Waals surface area contributed by atoms with E-state index in [1.165, 1.54) is 18.4 Å². The quantitative estimate of drug-likeness (QED) is 0.703. The van der Waals surface area contributed by atoms with Crippen LogP contribution in [0.25, 0.3) is 0 Å². The third-order valence-corrected chi connectivity index (χ3v) is 5.53. The number of benzene rings is 1. The van der Waals surface area contributed by atoms with Crippen LogP contribution < -0.4 is 0 Å². The molecule has 1 aromatic rings. The molecule has 1 aliphatic carbocycles. The summed E-state index contributed by atoms with van der Waals surface area (Å²) in [5.41, 5.74) is 2.17. The van der Waals surface area contributed by atoms with Crippen LogP contribution in [0.5, 0.6) is 0 Å². The molecule has 2 nitrogen and oxygen atoms in total. The van der Waals surface area contributed by atoms with Gasteiger partial charge in [-0.15, -0.1) is 0 Å². The lowest BCUT2D eigenvalue weighted by atomic mass is 9.86. The maximum Gasteiger partial charge on any atom is 0.253 e. The second kappa shape index (κ2) is 6.51. The van der Waals surface area contributed by atoms with Gasteiger partial charge in [0, 0.05) is 23.5 Å². The van der Waals surface area contributed by atoms with Gasteiger partial charge in [-0.2, -0.15) is 0 Å². The maximum absolute atomic E-state index is 12.7. The fourth-order valence-electron chi connectivity index (χ4n) is 2.97. The molecular weight excluding hydrogens is 326 g/mol. The largest absolute Gasteiger partial charge is 0.338 e. The van der Waals surface area contributed by atoms with Gasteiger partial charge in [0.15, 0.2) is 0 Å². The predicted molar refractivity (Wildman–Crippen MR) is 92.2 cm³/mol. The first-order chi connectivity index (χ1) is 9.80. The van der Waals surface area contributed by atoms with E-state index in [1.54, 1.807) is 0 Å². The number of rotatable bonds is 2. The highest BCUT2D eigenvalue weighted by Gasteiger charge is 2.29. The van der Waals surface area contributed by atoms with E-state index in [0.717, 1.165) is 18.4 Å². The van der Waals surface area contributed by atoms with E-state index >= 15 is 0 Å². The van der Waals surface area contributed by atoms with Gasteiger partial charge in [-0.05, 0) is 36.0 Å². The minimum Gasteiger partial charge on any atom is -0.338 e. The van der Waals surface area contributed by atoms with Crippen molar-refractivity contribution in [3.8, 4) is 0 Å². The summed E-state index contributed by atoms with van der Waals surface area (Å²) in [6.45, 7) is 6.56. The number of carbonyl (C=O) groups is 1. The van der Waals surface area contributed by atoms with Crippen LogP contribution in [-0.4, -0.2) is 28.7 Å². The first-order valence-corrected chi connectivity index (χ1v) is 8.74. The second-order valence-corrected chi connectivity index (χ2v) is 8.29. The molecule has 0 saturated heterocycles. The summed E-state index contributed by atoms with van der Waals surface area (Å²) in [6, 6.07) is 8.39. The summed E-state index contributed by atoms with van der Waals surface area (Å²) < 4.78 is 0. The molecule has 0 radical (unpaired) electrons. The number of alkyl halides is 1. The van der Waals surface area contributed by atoms with Gasteiger partial charge in [-0.3, -0.25) is 4.79 Å². The molecule has 0 N–H and O–H groups in total. The van der Waals surface area contributed by atoms with Crippen LogP contribution in [-0.2, 0) is 5.41 Å². The molecule has 0 heterocycles. The van der Waals surface area contributed by atoms with Gasteiger partial charge in [0.1, 0.15) is 0 Å². The summed E-state index contributed by atoms with van der Waals surface area (Å²) >= 11 is 3.74. The van der Waals surface area contributed by atoms with E-state index in [1.807, 2.05) is 24.1 Å². The fourth-order valence-corrected chi connectivity index (χ4v) is 3.91. The van der Waals surface area contributed by atoms with E-state index in [2.05, 4.69) is 48.8 Å². The van der Waals surface area contributed by atoms with Gasteiger partial charge < -0.3 is 4.90 Å². The topological polar surface area (TPSA) is 20.3 Å². The number of amides is 1. The minimum absolute atomic E-state index is 0.123. The smallest absolute Gasteiger partial charge is 0.253 e. The Labute approximate surface area is 137 Å². The molecule has 1 aromatic carbocycles. The van der Waals surface area contributed by atoms with Crippen molar-refractivity contribution >= 4 is 21.8 Å². The van der Waals surface area contributed by atoms with Crippen LogP contribution in [0, 0.1) is 0 Å². The zero-order valence-electron chi connectivity index (χ0n) is 13.5. The molecule has 3 heteroatoms. The normalized spacial score (nSPS) is 22.9. The Kier molecular flexibility index (Phi) is 5.13. The molecule has 21 heavy (non-hydrogen) atoms. The van der Waals surface area contributed by atoms with Crippen LogP contribution in [0.2, 0.25) is 0 Å². The van der Waals surface area contributed by atoms with Crippen molar-refractivity contribution in [2.45, 2.75) is 62.7 Å². The number of hydrogen-bond donors (Lipinski definition) is 0. The number of carbonyl (C=O) groups excluding carboxylic acids is 1. The predicted octanol–water partition coefficient (Wildman–Crippen LogP) is 4.76. The van der Waals surface area contributed by atoms with Crippen molar-refractivity contribution in [2.24, 2.45) is 0 Å². The van der Waals surface area contributed by atoms with Crippen LogP contribution >= 0.6 is 15.9 Å². The van der Waals surface area contributed by atoms with Crippen LogP contribution in [0.15, 0.2) is 24.3 Å². The molecule has 0 aliphatic heterocycles. The molecule has 1 saturated carbocycles. The van der Waals surface area contributed by atoms with Crippen molar-refractivity contribution in [1.82, 2.24) is 4.90 Å². The summed E-state index contributed by atoms with van der Waals surface area (Å²) in [5.74, 6) is 0.131. The van der Waals surface area contributed by atoms with Gasteiger partial charge in [0.05, 0.1) is 0 Å². The Bertz CT molecular complexity index is 489. The monoisotopic (exact) mass is 351 g/mol. The third kappa shape index (κ3) is 3.88. The van der Waals surface area contributed by atoms with Gasteiger partial charge >= 0.3 is 0 Å². The lowest BCUT2D eigenvalue weighted by molar-refractivity contribution is 0.0704. The van der Waals surface area contributed by atoms with Crippen molar-refractivity contribution in [3.05, 3.63) is 35.4 Å². The first-order valence-electron chi connectivity index (χ1n) is 7.82. The molecule has 0 spiro atoms. The van der Waals surface area contributed by atoms with Crippen LogP contribution in [0.3, 0.4) is 0 Å². The van der Waals surface area contributed by atoms with Gasteiger partial charge in [0.25, 0.3) is 5.91 Å². The van der Waals surface area contributed by atoms with Crippen molar-refractivity contribution in [1.29, 1.82) is 0 Å². The summed E-state index contributed by atoms with van der Waals surface area (Å²) in [6.07, 6.45) is 4.73. The molecule has 2 unspecified atom stereocenters. The van der Waals surface area contributed by atoms with E-state index in [4.69, 9.17) is 0 Å². The summed E-state index contributed by atoms with van der Waals surface area (Å²) in [4.78, 5) is 15.0. The molecule has 116 valence electrons. The number of halogens is 1. The second-order valence-electron chi connectivity index (χ2n) is 7.11. The molecule has 2 atom stereocenters. The highest BCUT2D eigenvalue weighted by atomic mass is 79.9. The SMILES string of the molecule is CN(C(=O)c1ccc(C(C)(C)C)cc1)C1CCCCC1Br. The molecule has 1 aliphatic rings. The van der Waals surface area contributed by atoms with Crippen LogP contribution in [0.1, 0.15) is 62.4 Å². The van der Waals surface area contributed by atoms with Crippen molar-refractivity contribution < 1.29 is 4.79 Å². The summed E-state index contributed by atoms with van der Waals surface area (Å²) in [7, 11) is 1.93. The third-order valence-electron chi connectivity index (χ3n) is 4.46. The maximum atomic E-state index is 12.7. The highest BCUT2D eigenvalue weighted by molar-refractivity contribution is 9.09. The van der Waals surface area contributed by atoms with E-state index in [-0.39, 0.29) is 11.3 Å². The Hall–Kier alpha value is -0.830. The van der Waals surface area contributed by atoms with Crippen LogP contribution in [0.4, 0.5) is 0 Å². The molecule has 2 rings (SSSR count). The highest BCUT2D eigenvalue weighted by Crippen LogP contribution is 2.29. The average molecular weight is 352 g/mol. The molecular formula is C18H26BrNO. The Morgan fingerprint density at radius 2 is 1.71 bits per heavy atom. The first kappa shape index (κ1) is 16.5.